The van der Waals surface area contributed by atoms with Gasteiger partial charge in [-0.1, -0.05) is 18.2 Å². The molecule has 0 saturated heterocycles. The third-order valence-corrected chi connectivity index (χ3v) is 7.49. The van der Waals surface area contributed by atoms with Gasteiger partial charge < -0.3 is 19.7 Å². The Labute approximate surface area is 259 Å². The molecule has 0 heterocycles. The lowest BCUT2D eigenvalue weighted by atomic mass is 9.81. The van der Waals surface area contributed by atoms with Crippen molar-refractivity contribution in [3.8, 4) is 5.75 Å². The number of aliphatic hydroxyl groups is 2. The lowest BCUT2D eigenvalue weighted by Gasteiger charge is -2.37. The molecule has 3 rings (SSSR count). The first-order valence-electron chi connectivity index (χ1n) is 12.3. The zero-order chi connectivity index (χ0) is 36.9. The van der Waals surface area contributed by atoms with E-state index in [-0.39, 0.29) is 18.2 Å². The van der Waals surface area contributed by atoms with Crippen LogP contribution in [0.5, 0.6) is 5.75 Å². The average Bonchev–Trinajstić information content (AvgIpc) is 2.94. The summed E-state index contributed by atoms with van der Waals surface area (Å²) < 4.78 is 200. The Morgan fingerprint density at radius 2 is 1.17 bits per heavy atom. The number of allylic oxidation sites excluding steroid dienone is 2. The van der Waals surface area contributed by atoms with Crippen LogP contribution in [0.2, 0.25) is 0 Å². The third-order valence-electron chi connectivity index (χ3n) is 6.66. The zero-order valence-corrected chi connectivity index (χ0v) is 23.6. The fourth-order valence-corrected chi connectivity index (χ4v) is 4.69. The number of carbonyl (C=O) groups excluding carboxylic acids is 2. The van der Waals surface area contributed by atoms with E-state index in [4.69, 9.17) is 9.47 Å². The molecule has 1 atom stereocenters. The smallest absolute Gasteiger partial charge is 0.423 e. The van der Waals surface area contributed by atoms with Gasteiger partial charge >= 0.3 is 36.6 Å². The molecule has 2 aromatic rings. The monoisotopic (exact) mass is 732 g/mol. The molecule has 1 unspecified atom stereocenters. The van der Waals surface area contributed by atoms with E-state index in [9.17, 15) is 85.5 Å². The van der Waals surface area contributed by atoms with Crippen molar-refractivity contribution >= 4 is 22.1 Å². The Hall–Kier alpha value is -4.15. The van der Waals surface area contributed by atoms with Crippen LogP contribution in [0.1, 0.15) is 32.7 Å². The van der Waals surface area contributed by atoms with Crippen LogP contribution in [-0.2, 0) is 20.5 Å². The number of rotatable bonds is 7. The molecule has 0 aromatic heterocycles. The summed E-state index contributed by atoms with van der Waals surface area (Å²) in [7, 11) is -5.25. The highest BCUT2D eigenvalue weighted by Gasteiger charge is 2.73. The van der Waals surface area contributed by atoms with Crippen LogP contribution < -0.4 is 4.74 Å². The largest absolute Gasteiger partial charge is 0.430 e. The van der Waals surface area contributed by atoms with Gasteiger partial charge in [-0.2, -0.15) is 61.1 Å². The molecule has 0 fully saturated rings. The molecule has 0 aliphatic heterocycles. The highest BCUT2D eigenvalue weighted by atomic mass is 32.2. The van der Waals surface area contributed by atoms with Gasteiger partial charge in [-0.05, 0) is 48.9 Å². The molecule has 264 valence electrons. The number of carbonyl (C=O) groups is 2. The van der Waals surface area contributed by atoms with Crippen LogP contribution in [0.3, 0.4) is 0 Å². The van der Waals surface area contributed by atoms with E-state index >= 15 is 0 Å². The Morgan fingerprint density at radius 1 is 0.708 bits per heavy atom. The maximum absolute atomic E-state index is 13.1. The number of ether oxygens (including phenoxy) is 2. The molecule has 22 heteroatoms. The van der Waals surface area contributed by atoms with E-state index in [1.807, 2.05) is 0 Å². The average molecular weight is 732 g/mol. The summed E-state index contributed by atoms with van der Waals surface area (Å²) in [6.07, 6.45) is -24.8. The van der Waals surface area contributed by atoms with Crippen molar-refractivity contribution in [1.29, 1.82) is 0 Å². The zero-order valence-electron chi connectivity index (χ0n) is 22.8. The molecule has 48 heavy (non-hydrogen) atoms. The molecular formula is C26H16F12O9S. The van der Waals surface area contributed by atoms with Crippen molar-refractivity contribution in [2.75, 3.05) is 0 Å². The Bertz CT molecular complexity index is 1710. The Morgan fingerprint density at radius 3 is 1.54 bits per heavy atom. The predicted molar refractivity (Wildman–Crippen MR) is 131 cm³/mol. The minimum Gasteiger partial charge on any atom is -0.423 e. The highest BCUT2D eigenvalue weighted by molar-refractivity contribution is 7.85. The van der Waals surface area contributed by atoms with Crippen LogP contribution in [-0.4, -0.2) is 65.4 Å². The maximum atomic E-state index is 13.1. The van der Waals surface area contributed by atoms with E-state index in [0.29, 0.717) is 42.5 Å². The fourth-order valence-electron chi connectivity index (χ4n) is 4.14. The van der Waals surface area contributed by atoms with Crippen molar-refractivity contribution in [3.63, 3.8) is 0 Å². The Kier molecular flexibility index (Phi) is 9.88. The molecule has 0 amide bonds. The van der Waals surface area contributed by atoms with Gasteiger partial charge in [0.05, 0.1) is 16.0 Å². The van der Waals surface area contributed by atoms with Crippen LogP contribution in [0.4, 0.5) is 52.7 Å². The van der Waals surface area contributed by atoms with Gasteiger partial charge in [-0.3, -0.25) is 4.55 Å². The normalized spacial score (nSPS) is 16.7. The second-order valence-electron chi connectivity index (χ2n) is 9.80. The van der Waals surface area contributed by atoms with E-state index in [0.717, 1.165) is 0 Å². The second-order valence-corrected chi connectivity index (χ2v) is 11.2. The van der Waals surface area contributed by atoms with Crippen LogP contribution in [0, 0.1) is 5.92 Å². The first-order chi connectivity index (χ1) is 21.5. The van der Waals surface area contributed by atoms with Crippen LogP contribution in [0.15, 0.2) is 71.3 Å². The quantitative estimate of drug-likeness (QED) is 0.136. The molecule has 0 radical (unpaired) electrons. The summed E-state index contributed by atoms with van der Waals surface area (Å²) in [5.74, 6) is -7.37. The molecule has 1 aliphatic carbocycles. The predicted octanol–water partition coefficient (Wildman–Crippen LogP) is 5.94. The summed E-state index contributed by atoms with van der Waals surface area (Å²) in [5.41, 5.74) is -14.1. The number of hydrogen-bond acceptors (Lipinski definition) is 8. The Balaban J connectivity index is 1.88. The van der Waals surface area contributed by atoms with Gasteiger partial charge in [0, 0.05) is 11.5 Å². The van der Waals surface area contributed by atoms with Crippen molar-refractivity contribution in [3.05, 3.63) is 83.1 Å². The SMILES string of the molecule is O=C(OC1=CCC(C(O)(C(F)(F)F)C(F)(F)F)C=C1)c1cc(C(=O)Oc2ccc(C(O)(C(F)(F)F)C(F)(F)F)cc2)cc(S(=O)(=O)O)c1. The van der Waals surface area contributed by atoms with Gasteiger partial charge in [0.2, 0.25) is 0 Å². The summed E-state index contributed by atoms with van der Waals surface area (Å²) >= 11 is 0. The summed E-state index contributed by atoms with van der Waals surface area (Å²) in [6, 6.07) is 2.29. The number of halogens is 12. The van der Waals surface area contributed by atoms with Crippen LogP contribution in [0.25, 0.3) is 0 Å². The minimum atomic E-state index is -6.24. The molecule has 0 spiro atoms. The molecular weight excluding hydrogens is 716 g/mol. The van der Waals surface area contributed by atoms with Gasteiger partial charge in [0.1, 0.15) is 11.5 Å². The van der Waals surface area contributed by atoms with Crippen molar-refractivity contribution in [2.24, 2.45) is 5.92 Å². The van der Waals surface area contributed by atoms with Gasteiger partial charge in [-0.15, -0.1) is 0 Å². The van der Waals surface area contributed by atoms with E-state index in [1.54, 1.807) is 0 Å². The van der Waals surface area contributed by atoms with E-state index in [2.05, 4.69) is 0 Å². The first-order valence-corrected chi connectivity index (χ1v) is 13.8. The number of esters is 2. The lowest BCUT2D eigenvalue weighted by molar-refractivity contribution is -0.380. The van der Waals surface area contributed by atoms with Crippen molar-refractivity contribution < 1.29 is 94.9 Å². The fraction of sp³-hybridized carbons (Fsp3) is 0.308. The van der Waals surface area contributed by atoms with E-state index in [1.165, 1.54) is 0 Å². The molecule has 9 nitrogen and oxygen atoms in total. The summed E-state index contributed by atoms with van der Waals surface area (Å²) in [4.78, 5) is 24.1. The minimum absolute atomic E-state index is 0.0984. The number of hydrogen-bond donors (Lipinski definition) is 3. The molecule has 3 N–H and O–H groups in total. The lowest BCUT2D eigenvalue weighted by Crippen LogP contribution is -2.61. The van der Waals surface area contributed by atoms with Gasteiger partial charge in [0.25, 0.3) is 21.3 Å². The van der Waals surface area contributed by atoms with Gasteiger partial charge in [-0.25, -0.2) is 9.59 Å². The summed E-state index contributed by atoms with van der Waals surface area (Å²) in [6.45, 7) is 0. The number of alkyl halides is 12. The molecule has 2 aromatic carbocycles. The first kappa shape index (κ1) is 38.3. The van der Waals surface area contributed by atoms with Crippen molar-refractivity contribution in [1.82, 2.24) is 0 Å². The molecule has 1 aliphatic rings. The topological polar surface area (TPSA) is 147 Å². The van der Waals surface area contributed by atoms with Crippen molar-refractivity contribution in [2.45, 2.75) is 47.2 Å². The van der Waals surface area contributed by atoms with Gasteiger partial charge in [0.15, 0.2) is 0 Å². The summed E-state index contributed by atoms with van der Waals surface area (Å²) in [5, 5.41) is 18.9. The number of benzene rings is 2. The molecule has 0 saturated carbocycles. The third kappa shape index (κ3) is 7.29. The molecule has 0 bridgehead atoms. The van der Waals surface area contributed by atoms with E-state index < -0.39 is 103 Å². The van der Waals surface area contributed by atoms with Crippen LogP contribution >= 0.6 is 0 Å². The standard InChI is InChI=1S/C26H16F12O9S/c27-23(28,29)21(41,24(30,31)32)14-1-5-16(6-2-14)46-19(39)12-9-13(11-18(10-12)48(43,44)45)20(40)47-17-7-3-15(4-8-17)22(42,25(33,34)35)26(36,37)38/h1-3,5-11,15,41-42H,4H2,(H,43,44,45). The highest BCUT2D eigenvalue weighted by Crippen LogP contribution is 2.51. The second kappa shape index (κ2) is 12.4. The maximum Gasteiger partial charge on any atom is 0.430 e.